The van der Waals surface area contributed by atoms with Gasteiger partial charge in [0.2, 0.25) is 0 Å². The number of allylic oxidation sites excluding steroid dienone is 1. The first kappa shape index (κ1) is 19.9. The Hall–Kier alpha value is -2.18. The average Bonchev–Trinajstić information content (AvgIpc) is 2.56. The van der Waals surface area contributed by atoms with Gasteiger partial charge in [-0.15, -0.1) is 0 Å². The predicted octanol–water partition coefficient (Wildman–Crippen LogP) is 2.36. The zero-order chi connectivity index (χ0) is 18.4. The Balaban J connectivity index is 0.000000243. The number of carbonyl (C=O) groups is 2. The number of aliphatic hydroxyl groups is 2. The lowest BCUT2D eigenvalue weighted by Crippen LogP contribution is -2.40. The van der Waals surface area contributed by atoms with Crippen molar-refractivity contribution in [3.8, 4) is 0 Å². The first-order valence-corrected chi connectivity index (χ1v) is 7.79. The summed E-state index contributed by atoms with van der Waals surface area (Å²) >= 11 is 0. The maximum absolute atomic E-state index is 10.9. The SMILES string of the molecule is CC1(C(=O)O)C=CCCC1C(=O)O.CCC(O)(O)c1ccccc1. The van der Waals surface area contributed by atoms with E-state index < -0.39 is 29.1 Å². The normalized spacial score (nSPS) is 23.1. The van der Waals surface area contributed by atoms with E-state index in [1.54, 1.807) is 37.3 Å². The van der Waals surface area contributed by atoms with Gasteiger partial charge < -0.3 is 20.4 Å². The summed E-state index contributed by atoms with van der Waals surface area (Å²) in [5.74, 6) is -4.58. The van der Waals surface area contributed by atoms with Gasteiger partial charge in [0.05, 0.1) is 11.3 Å². The van der Waals surface area contributed by atoms with E-state index in [0.717, 1.165) is 0 Å². The summed E-state index contributed by atoms with van der Waals surface area (Å²) in [5.41, 5.74) is -0.702. The molecule has 24 heavy (non-hydrogen) atoms. The number of benzene rings is 1. The van der Waals surface area contributed by atoms with E-state index in [-0.39, 0.29) is 0 Å². The largest absolute Gasteiger partial charge is 0.481 e. The van der Waals surface area contributed by atoms with Crippen LogP contribution in [0.4, 0.5) is 0 Å². The Bertz CT molecular complexity index is 593. The molecule has 0 saturated carbocycles. The molecule has 0 aliphatic heterocycles. The number of carboxylic acids is 2. The fourth-order valence-electron chi connectivity index (χ4n) is 2.52. The van der Waals surface area contributed by atoms with Crippen LogP contribution < -0.4 is 0 Å². The molecule has 2 unspecified atom stereocenters. The summed E-state index contributed by atoms with van der Waals surface area (Å²) in [5, 5.41) is 36.4. The summed E-state index contributed by atoms with van der Waals surface area (Å²) < 4.78 is 0. The van der Waals surface area contributed by atoms with Crippen LogP contribution in [0.3, 0.4) is 0 Å². The lowest BCUT2D eigenvalue weighted by molar-refractivity contribution is -0.171. The predicted molar refractivity (Wildman–Crippen MR) is 88.1 cm³/mol. The highest BCUT2D eigenvalue weighted by molar-refractivity contribution is 5.85. The lowest BCUT2D eigenvalue weighted by Gasteiger charge is -2.30. The van der Waals surface area contributed by atoms with Crippen molar-refractivity contribution < 1.29 is 30.0 Å². The second-order valence-electron chi connectivity index (χ2n) is 5.99. The molecule has 1 aliphatic rings. The van der Waals surface area contributed by atoms with Crippen LogP contribution in [0.2, 0.25) is 0 Å². The van der Waals surface area contributed by atoms with Gasteiger partial charge in [0, 0.05) is 12.0 Å². The van der Waals surface area contributed by atoms with Gasteiger partial charge in [-0.3, -0.25) is 9.59 Å². The van der Waals surface area contributed by atoms with Crippen LogP contribution in [0.15, 0.2) is 42.5 Å². The molecule has 0 fully saturated rings. The van der Waals surface area contributed by atoms with Crippen molar-refractivity contribution in [2.45, 2.75) is 38.9 Å². The quantitative estimate of drug-likeness (QED) is 0.496. The molecule has 0 radical (unpaired) electrons. The van der Waals surface area contributed by atoms with E-state index in [2.05, 4.69) is 0 Å². The molecule has 2 rings (SSSR count). The van der Waals surface area contributed by atoms with Gasteiger partial charge in [-0.05, 0) is 19.8 Å². The molecular weight excluding hydrogens is 312 g/mol. The molecule has 6 heteroatoms. The number of carboxylic acid groups (broad SMARTS) is 2. The van der Waals surface area contributed by atoms with Crippen molar-refractivity contribution in [1.29, 1.82) is 0 Å². The van der Waals surface area contributed by atoms with E-state index in [1.807, 2.05) is 6.07 Å². The average molecular weight is 336 g/mol. The smallest absolute Gasteiger partial charge is 0.314 e. The Morgan fingerprint density at radius 1 is 1.21 bits per heavy atom. The van der Waals surface area contributed by atoms with Crippen LogP contribution in [0.25, 0.3) is 0 Å². The highest BCUT2D eigenvalue weighted by atomic mass is 16.5. The first-order valence-electron chi connectivity index (χ1n) is 7.79. The Labute approximate surface area is 141 Å². The van der Waals surface area contributed by atoms with Crippen LogP contribution >= 0.6 is 0 Å². The molecule has 0 amide bonds. The number of aliphatic carboxylic acids is 2. The van der Waals surface area contributed by atoms with Crippen molar-refractivity contribution >= 4 is 11.9 Å². The number of rotatable bonds is 4. The van der Waals surface area contributed by atoms with Gasteiger partial charge in [0.1, 0.15) is 0 Å². The van der Waals surface area contributed by atoms with Crippen LogP contribution in [-0.4, -0.2) is 32.4 Å². The van der Waals surface area contributed by atoms with Crippen molar-refractivity contribution in [2.75, 3.05) is 0 Å². The van der Waals surface area contributed by atoms with Crippen molar-refractivity contribution in [3.05, 3.63) is 48.0 Å². The molecule has 2 atom stereocenters. The number of hydrogen-bond donors (Lipinski definition) is 4. The summed E-state index contributed by atoms with van der Waals surface area (Å²) in [6.07, 6.45) is 4.55. The maximum Gasteiger partial charge on any atom is 0.314 e. The van der Waals surface area contributed by atoms with Gasteiger partial charge in [-0.1, -0.05) is 49.4 Å². The molecule has 0 spiro atoms. The van der Waals surface area contributed by atoms with Crippen molar-refractivity contribution in [2.24, 2.45) is 11.3 Å². The monoisotopic (exact) mass is 336 g/mol. The van der Waals surface area contributed by atoms with Gasteiger partial charge in [0.15, 0.2) is 5.79 Å². The zero-order valence-corrected chi connectivity index (χ0v) is 13.8. The van der Waals surface area contributed by atoms with Gasteiger partial charge in [-0.2, -0.15) is 0 Å². The van der Waals surface area contributed by atoms with Crippen LogP contribution in [0.5, 0.6) is 0 Å². The van der Waals surface area contributed by atoms with E-state index in [1.165, 1.54) is 13.0 Å². The molecular formula is C18H24O6. The van der Waals surface area contributed by atoms with E-state index >= 15 is 0 Å². The Morgan fingerprint density at radius 2 is 1.79 bits per heavy atom. The fraction of sp³-hybridized carbons (Fsp3) is 0.444. The summed E-state index contributed by atoms with van der Waals surface area (Å²) in [7, 11) is 0. The topological polar surface area (TPSA) is 115 Å². The minimum absolute atomic E-state index is 0.303. The second kappa shape index (κ2) is 8.08. The van der Waals surface area contributed by atoms with Crippen LogP contribution in [0.1, 0.15) is 38.7 Å². The molecule has 1 aromatic carbocycles. The minimum atomic E-state index is -1.67. The second-order valence-corrected chi connectivity index (χ2v) is 5.99. The highest BCUT2D eigenvalue weighted by Crippen LogP contribution is 2.36. The fourth-order valence-corrected chi connectivity index (χ4v) is 2.52. The third-order valence-corrected chi connectivity index (χ3v) is 4.30. The third-order valence-electron chi connectivity index (χ3n) is 4.30. The molecule has 4 N–H and O–H groups in total. The van der Waals surface area contributed by atoms with Crippen LogP contribution in [-0.2, 0) is 15.4 Å². The number of hydrogen-bond acceptors (Lipinski definition) is 4. The Morgan fingerprint density at radius 3 is 2.21 bits per heavy atom. The van der Waals surface area contributed by atoms with E-state index in [0.29, 0.717) is 24.8 Å². The zero-order valence-electron chi connectivity index (χ0n) is 13.8. The standard InChI is InChI=1S/C9H12O4.C9H12O2/c1-9(8(12)13)5-3-2-4-6(9)7(10)11;1-2-9(10,11)8-6-4-3-5-7-8/h3,5-6H,2,4H2,1H3,(H,10,11)(H,12,13);3-7,10-11H,2H2,1H3. The van der Waals surface area contributed by atoms with Crippen molar-refractivity contribution in [1.82, 2.24) is 0 Å². The van der Waals surface area contributed by atoms with Gasteiger partial charge in [0.25, 0.3) is 0 Å². The molecule has 0 bridgehead atoms. The molecule has 0 heterocycles. The van der Waals surface area contributed by atoms with E-state index in [9.17, 15) is 19.8 Å². The first-order chi connectivity index (χ1) is 11.1. The molecule has 6 nitrogen and oxygen atoms in total. The minimum Gasteiger partial charge on any atom is -0.481 e. The highest BCUT2D eigenvalue weighted by Gasteiger charge is 2.44. The summed E-state index contributed by atoms with van der Waals surface area (Å²) in [4.78, 5) is 21.7. The van der Waals surface area contributed by atoms with Crippen LogP contribution in [0, 0.1) is 11.3 Å². The van der Waals surface area contributed by atoms with E-state index in [4.69, 9.17) is 10.2 Å². The third kappa shape index (κ3) is 4.66. The molecule has 0 aromatic heterocycles. The van der Waals surface area contributed by atoms with Gasteiger partial charge >= 0.3 is 11.9 Å². The Kier molecular flexibility index (Phi) is 6.69. The molecule has 132 valence electrons. The molecule has 1 aromatic rings. The summed E-state index contributed by atoms with van der Waals surface area (Å²) in [6, 6.07) is 8.81. The summed E-state index contributed by atoms with van der Waals surface area (Å²) in [6.45, 7) is 3.18. The van der Waals surface area contributed by atoms with Crippen molar-refractivity contribution in [3.63, 3.8) is 0 Å². The molecule has 1 aliphatic carbocycles. The lowest BCUT2D eigenvalue weighted by atomic mass is 9.71. The maximum atomic E-state index is 10.9. The van der Waals surface area contributed by atoms with Gasteiger partial charge in [-0.25, -0.2) is 0 Å². The molecule has 0 saturated heterocycles.